The number of fused-ring (bicyclic) bond motifs is 1. The molecule has 0 fully saturated rings. The van der Waals surface area contributed by atoms with Crippen LogP contribution >= 0.6 is 0 Å². The summed E-state index contributed by atoms with van der Waals surface area (Å²) >= 11 is 0. The van der Waals surface area contributed by atoms with Crippen molar-refractivity contribution >= 4 is 6.29 Å². The molecule has 1 aromatic rings. The van der Waals surface area contributed by atoms with Crippen LogP contribution in [0.1, 0.15) is 49.8 Å². The minimum absolute atomic E-state index is 0.147. The maximum absolute atomic E-state index is 10.9. The van der Waals surface area contributed by atoms with Crippen LogP contribution in [0, 0.1) is 0 Å². The van der Waals surface area contributed by atoms with E-state index >= 15 is 0 Å². The largest absolute Gasteiger partial charge is 0.303 e. The molecule has 1 aromatic carbocycles. The van der Waals surface area contributed by atoms with Crippen LogP contribution in [0.3, 0.4) is 0 Å². The van der Waals surface area contributed by atoms with Crippen molar-refractivity contribution in [2.45, 2.75) is 44.9 Å². The lowest BCUT2D eigenvalue weighted by atomic mass is 9.85. The maximum atomic E-state index is 10.9. The van der Waals surface area contributed by atoms with E-state index in [4.69, 9.17) is 0 Å². The molecule has 0 spiro atoms. The lowest BCUT2D eigenvalue weighted by Crippen LogP contribution is -2.11. The van der Waals surface area contributed by atoms with Gasteiger partial charge in [-0.2, -0.15) is 0 Å². The highest BCUT2D eigenvalue weighted by Gasteiger charge is 2.23. The second kappa shape index (κ2) is 3.48. The highest BCUT2D eigenvalue weighted by Crippen LogP contribution is 2.34. The van der Waals surface area contributed by atoms with E-state index < -0.39 is 0 Å². The fourth-order valence-corrected chi connectivity index (χ4v) is 2.26. The van der Waals surface area contributed by atoms with Crippen LogP contribution in [0.25, 0.3) is 0 Å². The summed E-state index contributed by atoms with van der Waals surface area (Å²) in [7, 11) is 0. The van der Waals surface area contributed by atoms with Crippen LogP contribution in [0.2, 0.25) is 0 Å². The lowest BCUT2D eigenvalue weighted by Gasteiger charge is -2.20. The Balaban J connectivity index is 2.41. The van der Waals surface area contributed by atoms with Gasteiger partial charge in [-0.3, -0.25) is 0 Å². The van der Waals surface area contributed by atoms with E-state index in [2.05, 4.69) is 39.0 Å². The van der Waals surface area contributed by atoms with Gasteiger partial charge in [0.25, 0.3) is 0 Å². The van der Waals surface area contributed by atoms with Gasteiger partial charge < -0.3 is 4.79 Å². The third-order valence-electron chi connectivity index (χ3n) is 3.30. The van der Waals surface area contributed by atoms with Gasteiger partial charge in [0, 0.05) is 5.92 Å². The second-order valence-electron chi connectivity index (χ2n) is 5.44. The SMILES string of the molecule is CC(C)(C)c1ccc2c(c1)CCC2C=O. The Labute approximate surface area is 91.5 Å². The predicted molar refractivity (Wildman–Crippen MR) is 62.3 cm³/mol. The summed E-state index contributed by atoms with van der Waals surface area (Å²) in [5.41, 5.74) is 4.19. The molecule has 0 saturated carbocycles. The van der Waals surface area contributed by atoms with Gasteiger partial charge in [-0.25, -0.2) is 0 Å². The average Bonchev–Trinajstić information content (AvgIpc) is 2.58. The van der Waals surface area contributed by atoms with Crippen LogP contribution in [0.4, 0.5) is 0 Å². The Morgan fingerprint density at radius 2 is 2.07 bits per heavy atom. The van der Waals surface area contributed by atoms with Crippen molar-refractivity contribution in [1.82, 2.24) is 0 Å². The van der Waals surface area contributed by atoms with Crippen LogP contribution in [0.5, 0.6) is 0 Å². The number of carbonyl (C=O) groups excluding carboxylic acids is 1. The van der Waals surface area contributed by atoms with Crippen molar-refractivity contribution in [2.75, 3.05) is 0 Å². The van der Waals surface area contributed by atoms with E-state index in [1.54, 1.807) is 0 Å². The van der Waals surface area contributed by atoms with E-state index in [0.29, 0.717) is 0 Å². The van der Waals surface area contributed by atoms with E-state index in [1.807, 2.05) is 0 Å². The monoisotopic (exact) mass is 202 g/mol. The van der Waals surface area contributed by atoms with Crippen molar-refractivity contribution in [2.24, 2.45) is 0 Å². The molecule has 0 aromatic heterocycles. The molecule has 1 atom stereocenters. The summed E-state index contributed by atoms with van der Waals surface area (Å²) in [5, 5.41) is 0. The molecule has 1 heteroatoms. The number of hydrogen-bond acceptors (Lipinski definition) is 1. The molecular weight excluding hydrogens is 184 g/mol. The Morgan fingerprint density at radius 3 is 2.67 bits per heavy atom. The first-order chi connectivity index (χ1) is 7.02. The molecule has 0 saturated heterocycles. The number of carbonyl (C=O) groups is 1. The lowest BCUT2D eigenvalue weighted by molar-refractivity contribution is -0.109. The van der Waals surface area contributed by atoms with Crippen molar-refractivity contribution in [3.05, 3.63) is 34.9 Å². The maximum Gasteiger partial charge on any atom is 0.127 e. The van der Waals surface area contributed by atoms with Crippen LogP contribution in [-0.4, -0.2) is 6.29 Å². The first-order valence-corrected chi connectivity index (χ1v) is 5.61. The van der Waals surface area contributed by atoms with E-state index in [9.17, 15) is 4.79 Å². The van der Waals surface area contributed by atoms with E-state index in [0.717, 1.165) is 19.1 Å². The molecule has 15 heavy (non-hydrogen) atoms. The van der Waals surface area contributed by atoms with E-state index in [1.165, 1.54) is 16.7 Å². The molecule has 0 aliphatic heterocycles. The molecule has 1 aliphatic rings. The minimum atomic E-state index is 0.147. The molecule has 1 nitrogen and oxygen atoms in total. The second-order valence-corrected chi connectivity index (χ2v) is 5.44. The van der Waals surface area contributed by atoms with Gasteiger partial charge >= 0.3 is 0 Å². The smallest absolute Gasteiger partial charge is 0.127 e. The van der Waals surface area contributed by atoms with Gasteiger partial charge in [-0.05, 0) is 34.9 Å². The average molecular weight is 202 g/mol. The van der Waals surface area contributed by atoms with Gasteiger partial charge in [-0.15, -0.1) is 0 Å². The van der Waals surface area contributed by atoms with E-state index in [-0.39, 0.29) is 11.3 Å². The number of rotatable bonds is 1. The Hall–Kier alpha value is -1.11. The summed E-state index contributed by atoms with van der Waals surface area (Å²) in [6.07, 6.45) is 3.14. The summed E-state index contributed by atoms with van der Waals surface area (Å²) < 4.78 is 0. The quantitative estimate of drug-likeness (QED) is 0.639. The zero-order valence-corrected chi connectivity index (χ0v) is 9.71. The molecule has 0 radical (unpaired) electrons. The Morgan fingerprint density at radius 1 is 1.33 bits per heavy atom. The Bertz CT molecular complexity index is 385. The molecule has 1 aliphatic carbocycles. The molecule has 2 rings (SSSR count). The molecule has 0 amide bonds. The predicted octanol–water partition coefficient (Wildman–Crippen LogP) is 3.21. The van der Waals surface area contributed by atoms with Crippen LogP contribution < -0.4 is 0 Å². The minimum Gasteiger partial charge on any atom is -0.303 e. The van der Waals surface area contributed by atoms with Crippen molar-refractivity contribution < 1.29 is 4.79 Å². The molecule has 80 valence electrons. The number of benzene rings is 1. The highest BCUT2D eigenvalue weighted by molar-refractivity contribution is 5.65. The van der Waals surface area contributed by atoms with Crippen molar-refractivity contribution in [3.8, 4) is 0 Å². The molecular formula is C14H18O. The first kappa shape index (κ1) is 10.4. The first-order valence-electron chi connectivity index (χ1n) is 5.61. The van der Waals surface area contributed by atoms with Gasteiger partial charge in [-0.1, -0.05) is 39.0 Å². The summed E-state index contributed by atoms with van der Waals surface area (Å²) in [6, 6.07) is 6.58. The summed E-state index contributed by atoms with van der Waals surface area (Å²) in [5.74, 6) is 0.147. The number of aryl methyl sites for hydroxylation is 1. The normalized spacial score (nSPS) is 20.1. The molecule has 0 bridgehead atoms. The Kier molecular flexibility index (Phi) is 2.41. The van der Waals surface area contributed by atoms with Gasteiger partial charge in [0.15, 0.2) is 0 Å². The van der Waals surface area contributed by atoms with Gasteiger partial charge in [0.05, 0.1) is 0 Å². The summed E-state index contributed by atoms with van der Waals surface area (Å²) in [6.45, 7) is 6.67. The van der Waals surface area contributed by atoms with Gasteiger partial charge in [0.2, 0.25) is 0 Å². The fraction of sp³-hybridized carbons (Fsp3) is 0.500. The zero-order valence-electron chi connectivity index (χ0n) is 9.71. The molecule has 1 unspecified atom stereocenters. The molecule has 0 heterocycles. The number of hydrogen-bond donors (Lipinski definition) is 0. The fourth-order valence-electron chi connectivity index (χ4n) is 2.26. The third kappa shape index (κ3) is 1.83. The third-order valence-corrected chi connectivity index (χ3v) is 3.30. The standard InChI is InChI=1S/C14H18O/c1-14(2,3)12-6-7-13-10(8-12)4-5-11(13)9-15/h6-9,11H,4-5H2,1-3H3. The zero-order chi connectivity index (χ0) is 11.1. The highest BCUT2D eigenvalue weighted by atomic mass is 16.1. The number of aldehydes is 1. The van der Waals surface area contributed by atoms with Crippen LogP contribution in [0.15, 0.2) is 18.2 Å². The van der Waals surface area contributed by atoms with Crippen molar-refractivity contribution in [3.63, 3.8) is 0 Å². The summed E-state index contributed by atoms with van der Waals surface area (Å²) in [4.78, 5) is 10.9. The topological polar surface area (TPSA) is 17.1 Å². The molecule has 0 N–H and O–H groups in total. The van der Waals surface area contributed by atoms with Gasteiger partial charge in [0.1, 0.15) is 6.29 Å². The van der Waals surface area contributed by atoms with Crippen molar-refractivity contribution in [1.29, 1.82) is 0 Å². The van der Waals surface area contributed by atoms with Crippen LogP contribution in [-0.2, 0) is 16.6 Å².